The second-order valence-electron chi connectivity index (χ2n) is 8.01. The van der Waals surface area contributed by atoms with Crippen molar-refractivity contribution in [3.05, 3.63) is 108 Å². The van der Waals surface area contributed by atoms with Gasteiger partial charge in [0.15, 0.2) is 5.78 Å². The van der Waals surface area contributed by atoms with Crippen LogP contribution < -0.4 is 0 Å². The first kappa shape index (κ1) is 15.9. The third kappa shape index (κ3) is 1.80. The largest absolute Gasteiger partial charge is 0.289 e. The number of fused-ring (bicyclic) bond motifs is 7. The summed E-state index contributed by atoms with van der Waals surface area (Å²) in [5.41, 5.74) is 10.9. The normalized spacial score (nSPS) is 12.7. The van der Waals surface area contributed by atoms with Gasteiger partial charge in [-0.05, 0) is 44.2 Å². The minimum atomic E-state index is 0.132. The first-order valence-electron chi connectivity index (χ1n) is 10.3. The minimum Gasteiger partial charge on any atom is -0.289 e. The fraction of sp³-hybridized carbons (Fsp3) is 0. The van der Waals surface area contributed by atoms with Crippen molar-refractivity contribution >= 4 is 16.6 Å². The highest BCUT2D eigenvalue weighted by Crippen LogP contribution is 2.57. The maximum atomic E-state index is 13.7. The first-order valence-corrected chi connectivity index (χ1v) is 10.3. The lowest BCUT2D eigenvalue weighted by Gasteiger charge is -2.17. The lowest BCUT2D eigenvalue weighted by Crippen LogP contribution is -2.00. The van der Waals surface area contributed by atoms with Crippen LogP contribution in [0.15, 0.2) is 97.1 Å². The van der Waals surface area contributed by atoms with Gasteiger partial charge in [0.2, 0.25) is 0 Å². The summed E-state index contributed by atoms with van der Waals surface area (Å²) in [5.74, 6) is 0.132. The standard InChI is InChI=1S/C29H16O/c30-29-22-14-7-6-13-21(22)26-23-16-8-15-19-18-11-4-5-12-20(18)27(25(19)23)24(28(26)29)17-9-2-1-3-10-17/h1-16H. The van der Waals surface area contributed by atoms with E-state index in [1.54, 1.807) is 0 Å². The van der Waals surface area contributed by atoms with Gasteiger partial charge in [0, 0.05) is 22.3 Å². The number of benzene rings is 5. The molecule has 0 aromatic heterocycles. The Bertz CT molecular complexity index is 1540. The van der Waals surface area contributed by atoms with E-state index in [1.807, 2.05) is 24.3 Å². The highest BCUT2D eigenvalue weighted by molar-refractivity contribution is 6.34. The van der Waals surface area contributed by atoms with Crippen LogP contribution in [0, 0.1) is 0 Å². The Morgan fingerprint density at radius 3 is 1.77 bits per heavy atom. The Morgan fingerprint density at radius 2 is 1.00 bits per heavy atom. The van der Waals surface area contributed by atoms with Gasteiger partial charge in [-0.2, -0.15) is 0 Å². The third-order valence-electron chi connectivity index (χ3n) is 6.55. The number of hydrogen-bond acceptors (Lipinski definition) is 1. The van der Waals surface area contributed by atoms with E-state index in [1.165, 1.54) is 33.0 Å². The van der Waals surface area contributed by atoms with Crippen LogP contribution in [0.4, 0.5) is 0 Å². The van der Waals surface area contributed by atoms with Crippen molar-refractivity contribution in [1.82, 2.24) is 0 Å². The van der Waals surface area contributed by atoms with E-state index in [4.69, 9.17) is 0 Å². The molecule has 2 aliphatic carbocycles. The molecule has 0 fully saturated rings. The van der Waals surface area contributed by atoms with Crippen LogP contribution in [0.25, 0.3) is 55.3 Å². The zero-order valence-corrected chi connectivity index (χ0v) is 16.1. The number of carbonyl (C=O) groups excluding carboxylic acids is 1. The predicted molar refractivity (Wildman–Crippen MR) is 123 cm³/mol. The summed E-state index contributed by atoms with van der Waals surface area (Å²) >= 11 is 0. The smallest absolute Gasteiger partial charge is 0.194 e. The molecule has 0 N–H and O–H groups in total. The van der Waals surface area contributed by atoms with Crippen LogP contribution >= 0.6 is 0 Å². The van der Waals surface area contributed by atoms with E-state index in [9.17, 15) is 4.79 Å². The Kier molecular flexibility index (Phi) is 2.94. The van der Waals surface area contributed by atoms with Crippen molar-refractivity contribution in [3.63, 3.8) is 0 Å². The molecular weight excluding hydrogens is 364 g/mol. The molecule has 0 saturated heterocycles. The molecule has 1 nitrogen and oxygen atoms in total. The van der Waals surface area contributed by atoms with E-state index >= 15 is 0 Å². The summed E-state index contributed by atoms with van der Waals surface area (Å²) in [6, 6.07) is 33.5. The Labute approximate surface area is 174 Å². The lowest BCUT2D eigenvalue weighted by atomic mass is 9.85. The Hall–Kier alpha value is -3.97. The maximum absolute atomic E-state index is 13.7. The van der Waals surface area contributed by atoms with Crippen molar-refractivity contribution < 1.29 is 4.79 Å². The minimum absolute atomic E-state index is 0.132. The molecule has 2 aliphatic rings. The Morgan fingerprint density at radius 1 is 0.400 bits per heavy atom. The molecule has 0 saturated carbocycles. The zero-order valence-electron chi connectivity index (χ0n) is 16.1. The first-order chi connectivity index (χ1) is 14.8. The van der Waals surface area contributed by atoms with Crippen molar-refractivity contribution in [2.45, 2.75) is 0 Å². The second-order valence-corrected chi connectivity index (χ2v) is 8.01. The van der Waals surface area contributed by atoms with Crippen molar-refractivity contribution in [1.29, 1.82) is 0 Å². The molecule has 5 aromatic rings. The molecule has 7 rings (SSSR count). The van der Waals surface area contributed by atoms with E-state index in [-0.39, 0.29) is 5.78 Å². The molecule has 0 heterocycles. The van der Waals surface area contributed by atoms with Crippen LogP contribution in [-0.4, -0.2) is 5.78 Å². The number of ketones is 1. The molecule has 0 atom stereocenters. The zero-order chi connectivity index (χ0) is 19.8. The van der Waals surface area contributed by atoms with E-state index in [2.05, 4.69) is 72.8 Å². The molecule has 30 heavy (non-hydrogen) atoms. The molecular formula is C29H16O. The molecule has 0 bridgehead atoms. The molecule has 0 aliphatic heterocycles. The van der Waals surface area contributed by atoms with Gasteiger partial charge < -0.3 is 0 Å². The SMILES string of the molecule is O=C1c2ccccc2-c2c1c(-c1ccccc1)c1c3c(cccc23)-c2ccccc2-1. The average molecular weight is 380 g/mol. The van der Waals surface area contributed by atoms with Crippen molar-refractivity contribution in [2.75, 3.05) is 0 Å². The summed E-state index contributed by atoms with van der Waals surface area (Å²) in [6.07, 6.45) is 0. The quantitative estimate of drug-likeness (QED) is 0.291. The van der Waals surface area contributed by atoms with Gasteiger partial charge in [0.05, 0.1) is 0 Å². The number of carbonyl (C=O) groups is 1. The molecule has 1 heteroatoms. The van der Waals surface area contributed by atoms with Gasteiger partial charge in [0.25, 0.3) is 0 Å². The van der Waals surface area contributed by atoms with Crippen LogP contribution in [-0.2, 0) is 0 Å². The summed E-state index contributed by atoms with van der Waals surface area (Å²) in [7, 11) is 0. The van der Waals surface area contributed by atoms with E-state index in [0.29, 0.717) is 0 Å². The molecule has 138 valence electrons. The topological polar surface area (TPSA) is 17.1 Å². The molecule has 0 spiro atoms. The second kappa shape index (κ2) is 5.55. The van der Waals surface area contributed by atoms with Gasteiger partial charge >= 0.3 is 0 Å². The summed E-state index contributed by atoms with van der Waals surface area (Å²) in [5, 5.41) is 2.44. The molecule has 0 unspecified atom stereocenters. The third-order valence-corrected chi connectivity index (χ3v) is 6.55. The fourth-order valence-electron chi connectivity index (χ4n) is 5.40. The van der Waals surface area contributed by atoms with Crippen LogP contribution in [0.5, 0.6) is 0 Å². The number of rotatable bonds is 1. The maximum Gasteiger partial charge on any atom is 0.194 e. The highest BCUT2D eigenvalue weighted by atomic mass is 16.1. The monoisotopic (exact) mass is 380 g/mol. The summed E-state index contributed by atoms with van der Waals surface area (Å²) < 4.78 is 0. The van der Waals surface area contributed by atoms with Gasteiger partial charge in [-0.3, -0.25) is 4.79 Å². The average Bonchev–Trinajstić information content (AvgIpc) is 3.30. The Balaban J connectivity index is 1.78. The highest BCUT2D eigenvalue weighted by Gasteiger charge is 2.36. The molecule has 0 amide bonds. The van der Waals surface area contributed by atoms with Crippen LogP contribution in [0.2, 0.25) is 0 Å². The van der Waals surface area contributed by atoms with Crippen molar-refractivity contribution in [3.8, 4) is 44.5 Å². The van der Waals surface area contributed by atoms with Crippen molar-refractivity contribution in [2.24, 2.45) is 0 Å². The van der Waals surface area contributed by atoms with E-state index < -0.39 is 0 Å². The molecule has 5 aromatic carbocycles. The predicted octanol–water partition coefficient (Wildman–Crippen LogP) is 7.37. The summed E-state index contributed by atoms with van der Waals surface area (Å²) in [6.45, 7) is 0. The van der Waals surface area contributed by atoms with Crippen LogP contribution in [0.1, 0.15) is 15.9 Å². The van der Waals surface area contributed by atoms with Gasteiger partial charge in [-0.25, -0.2) is 0 Å². The lowest BCUT2D eigenvalue weighted by molar-refractivity contribution is 0.104. The summed E-state index contributed by atoms with van der Waals surface area (Å²) in [4.78, 5) is 13.7. The fourth-order valence-corrected chi connectivity index (χ4v) is 5.40. The van der Waals surface area contributed by atoms with E-state index in [0.717, 1.165) is 33.4 Å². The van der Waals surface area contributed by atoms with Gasteiger partial charge in [-0.15, -0.1) is 0 Å². The van der Waals surface area contributed by atoms with Crippen LogP contribution in [0.3, 0.4) is 0 Å². The van der Waals surface area contributed by atoms with Gasteiger partial charge in [-0.1, -0.05) is 97.1 Å². The van der Waals surface area contributed by atoms with Gasteiger partial charge in [0.1, 0.15) is 0 Å². The molecule has 0 radical (unpaired) electrons. The number of hydrogen-bond donors (Lipinski definition) is 0.